The second-order valence-corrected chi connectivity index (χ2v) is 7.37. The van der Waals surface area contributed by atoms with Crippen molar-refractivity contribution in [1.82, 2.24) is 15.3 Å². The largest absolute Gasteiger partial charge is 0.497 e. The summed E-state index contributed by atoms with van der Waals surface area (Å²) in [7, 11) is 1.64. The van der Waals surface area contributed by atoms with E-state index in [-0.39, 0.29) is 23.8 Å². The van der Waals surface area contributed by atoms with E-state index in [0.29, 0.717) is 0 Å². The van der Waals surface area contributed by atoms with Crippen LogP contribution < -0.4 is 10.1 Å². The highest BCUT2D eigenvalue weighted by Gasteiger charge is 2.46. The molecule has 2 heterocycles. The maximum absolute atomic E-state index is 12.7. The van der Waals surface area contributed by atoms with E-state index in [1.165, 1.54) is 0 Å². The first-order chi connectivity index (χ1) is 13.6. The van der Waals surface area contributed by atoms with Gasteiger partial charge in [0, 0.05) is 17.2 Å². The number of amides is 1. The van der Waals surface area contributed by atoms with Crippen molar-refractivity contribution in [2.24, 2.45) is 5.92 Å². The molecule has 0 saturated heterocycles. The number of nitrogens with one attached hydrogen (secondary N) is 2. The Kier molecular flexibility index (Phi) is 3.86. The third-order valence-electron chi connectivity index (χ3n) is 5.41. The normalized spacial score (nSPS) is 19.6. The van der Waals surface area contributed by atoms with Crippen LogP contribution in [0.1, 0.15) is 36.9 Å². The van der Waals surface area contributed by atoms with Crippen molar-refractivity contribution in [3.63, 3.8) is 0 Å². The Morgan fingerprint density at radius 2 is 2.14 bits per heavy atom. The summed E-state index contributed by atoms with van der Waals surface area (Å²) in [5, 5.41) is 4.04. The first kappa shape index (κ1) is 16.9. The molecule has 2 aromatic carbocycles. The molecule has 0 bridgehead atoms. The average molecular weight is 375 g/mol. The molecule has 1 aliphatic rings. The number of carbonyl (C=O) groups excluding carboxylic acids is 1. The zero-order chi connectivity index (χ0) is 19.3. The Labute approximate surface area is 161 Å². The van der Waals surface area contributed by atoms with Crippen molar-refractivity contribution in [2.45, 2.75) is 25.3 Å². The number of imidazole rings is 1. The van der Waals surface area contributed by atoms with Gasteiger partial charge in [-0.25, -0.2) is 4.98 Å². The molecule has 0 spiro atoms. The topological polar surface area (TPSA) is 80.2 Å². The van der Waals surface area contributed by atoms with Gasteiger partial charge in [-0.3, -0.25) is 4.79 Å². The van der Waals surface area contributed by atoms with Gasteiger partial charge in [-0.15, -0.1) is 0 Å². The summed E-state index contributed by atoms with van der Waals surface area (Å²) >= 11 is 0. The molecule has 1 fully saturated rings. The number of benzene rings is 2. The van der Waals surface area contributed by atoms with Gasteiger partial charge in [0.1, 0.15) is 22.9 Å². The summed E-state index contributed by atoms with van der Waals surface area (Å²) in [6, 6.07) is 15.3. The van der Waals surface area contributed by atoms with Gasteiger partial charge in [0.2, 0.25) is 5.91 Å². The quantitative estimate of drug-likeness (QED) is 0.545. The van der Waals surface area contributed by atoms with E-state index >= 15 is 0 Å². The van der Waals surface area contributed by atoms with Crippen LogP contribution in [0.2, 0.25) is 0 Å². The highest BCUT2D eigenvalue weighted by molar-refractivity contribution is 5.84. The number of para-hydroxylation sites is 2. The van der Waals surface area contributed by atoms with Crippen LogP contribution in [0.25, 0.3) is 22.0 Å². The predicted octanol–water partition coefficient (Wildman–Crippen LogP) is 4.30. The number of aromatic nitrogens is 2. The lowest BCUT2D eigenvalue weighted by Gasteiger charge is -2.11. The third-order valence-corrected chi connectivity index (χ3v) is 5.41. The molecule has 0 radical (unpaired) electrons. The van der Waals surface area contributed by atoms with Gasteiger partial charge < -0.3 is 19.5 Å². The van der Waals surface area contributed by atoms with Crippen molar-refractivity contribution < 1.29 is 13.9 Å². The highest BCUT2D eigenvalue weighted by Crippen LogP contribution is 2.47. The zero-order valence-electron chi connectivity index (χ0n) is 15.7. The molecule has 2 aromatic heterocycles. The van der Waals surface area contributed by atoms with Crippen LogP contribution in [-0.2, 0) is 4.79 Å². The predicted molar refractivity (Wildman–Crippen MR) is 106 cm³/mol. The Morgan fingerprint density at radius 1 is 1.29 bits per heavy atom. The van der Waals surface area contributed by atoms with Gasteiger partial charge in [0.15, 0.2) is 0 Å². The summed E-state index contributed by atoms with van der Waals surface area (Å²) in [5.74, 6) is 2.55. The molecule has 6 nitrogen and oxygen atoms in total. The number of carbonyl (C=O) groups is 1. The zero-order valence-corrected chi connectivity index (χ0v) is 15.7. The van der Waals surface area contributed by atoms with Crippen LogP contribution in [0.3, 0.4) is 0 Å². The van der Waals surface area contributed by atoms with Gasteiger partial charge in [-0.2, -0.15) is 0 Å². The minimum atomic E-state index is -0.206. The summed E-state index contributed by atoms with van der Waals surface area (Å²) in [4.78, 5) is 20.6. The SMILES string of the molecule is COc1ccc2oc([C@@H](C)NC(=O)[C@H]3C[C@@H]3c3nc4ccccc4[nH]3)cc2c1. The van der Waals surface area contributed by atoms with E-state index in [0.717, 1.165) is 45.8 Å². The van der Waals surface area contributed by atoms with E-state index in [9.17, 15) is 4.79 Å². The Bertz CT molecular complexity index is 1140. The molecule has 1 saturated carbocycles. The minimum Gasteiger partial charge on any atom is -0.497 e. The smallest absolute Gasteiger partial charge is 0.224 e. The van der Waals surface area contributed by atoms with Crippen LogP contribution in [0, 0.1) is 5.92 Å². The number of methoxy groups -OCH3 is 1. The second-order valence-electron chi connectivity index (χ2n) is 7.37. The molecule has 142 valence electrons. The van der Waals surface area contributed by atoms with Crippen molar-refractivity contribution in [3.8, 4) is 5.75 Å². The van der Waals surface area contributed by atoms with Crippen molar-refractivity contribution in [1.29, 1.82) is 0 Å². The number of ether oxygens (including phenoxy) is 1. The van der Waals surface area contributed by atoms with E-state index < -0.39 is 0 Å². The lowest BCUT2D eigenvalue weighted by molar-refractivity contribution is -0.123. The first-order valence-electron chi connectivity index (χ1n) is 9.45. The number of hydrogen-bond donors (Lipinski definition) is 2. The lowest BCUT2D eigenvalue weighted by Crippen LogP contribution is -2.28. The van der Waals surface area contributed by atoms with E-state index in [1.54, 1.807) is 7.11 Å². The maximum atomic E-state index is 12.7. The molecule has 28 heavy (non-hydrogen) atoms. The lowest BCUT2D eigenvalue weighted by atomic mass is 10.2. The maximum Gasteiger partial charge on any atom is 0.224 e. The molecule has 2 N–H and O–H groups in total. The minimum absolute atomic E-state index is 0.0380. The fraction of sp³-hybridized carbons (Fsp3) is 0.273. The number of hydrogen-bond acceptors (Lipinski definition) is 4. The molecular formula is C22H21N3O3. The molecular weight excluding hydrogens is 354 g/mol. The van der Waals surface area contributed by atoms with E-state index in [2.05, 4.69) is 15.3 Å². The van der Waals surface area contributed by atoms with Crippen molar-refractivity contribution >= 4 is 27.9 Å². The number of aromatic amines is 1. The van der Waals surface area contributed by atoms with E-state index in [4.69, 9.17) is 9.15 Å². The highest BCUT2D eigenvalue weighted by atomic mass is 16.5. The second kappa shape index (κ2) is 6.41. The van der Waals surface area contributed by atoms with Gasteiger partial charge in [0.25, 0.3) is 0 Å². The summed E-state index contributed by atoms with van der Waals surface area (Å²) in [6.45, 7) is 1.94. The van der Waals surface area contributed by atoms with Crippen LogP contribution in [0.4, 0.5) is 0 Å². The number of fused-ring (bicyclic) bond motifs is 2. The Hall–Kier alpha value is -3.28. The van der Waals surface area contributed by atoms with Crippen LogP contribution >= 0.6 is 0 Å². The molecule has 3 atom stereocenters. The summed E-state index contributed by atoms with van der Waals surface area (Å²) in [6.07, 6.45) is 0.815. The number of H-pyrrole nitrogens is 1. The molecule has 6 heteroatoms. The molecule has 5 rings (SSSR count). The summed E-state index contributed by atoms with van der Waals surface area (Å²) < 4.78 is 11.1. The molecule has 0 aliphatic heterocycles. The van der Waals surface area contributed by atoms with Crippen LogP contribution in [-0.4, -0.2) is 23.0 Å². The van der Waals surface area contributed by atoms with Crippen molar-refractivity contribution in [2.75, 3.05) is 7.11 Å². The van der Waals surface area contributed by atoms with Gasteiger partial charge in [-0.05, 0) is 49.7 Å². The van der Waals surface area contributed by atoms with Crippen LogP contribution in [0.5, 0.6) is 5.75 Å². The summed E-state index contributed by atoms with van der Waals surface area (Å²) in [5.41, 5.74) is 2.73. The monoisotopic (exact) mass is 375 g/mol. The van der Waals surface area contributed by atoms with Gasteiger partial charge >= 0.3 is 0 Å². The van der Waals surface area contributed by atoms with Crippen molar-refractivity contribution in [3.05, 3.63) is 60.1 Å². The first-order valence-corrected chi connectivity index (χ1v) is 9.45. The molecule has 1 amide bonds. The van der Waals surface area contributed by atoms with E-state index in [1.807, 2.05) is 55.5 Å². The number of furan rings is 1. The molecule has 4 aromatic rings. The Balaban J connectivity index is 1.28. The van der Waals surface area contributed by atoms with Crippen LogP contribution in [0.15, 0.2) is 52.9 Å². The van der Waals surface area contributed by atoms with Gasteiger partial charge in [-0.1, -0.05) is 12.1 Å². The molecule has 0 unspecified atom stereocenters. The standard InChI is InChI=1S/C22H21N3O3/c1-12(20-10-13-9-14(27-2)7-8-19(13)28-20)23-22(26)16-11-15(16)21-24-17-5-3-4-6-18(17)25-21/h3-10,12,15-16H,11H2,1-2H3,(H,23,26)(H,24,25)/t12-,15+,16+/m1/s1. The fourth-order valence-corrected chi connectivity index (χ4v) is 3.71. The number of nitrogens with zero attached hydrogens (tertiary/aromatic N) is 1. The van der Waals surface area contributed by atoms with Gasteiger partial charge in [0.05, 0.1) is 24.2 Å². The molecule has 1 aliphatic carbocycles. The average Bonchev–Trinajstić information content (AvgIpc) is 3.21. The fourth-order valence-electron chi connectivity index (χ4n) is 3.71. The third kappa shape index (κ3) is 2.91. The Morgan fingerprint density at radius 3 is 2.96 bits per heavy atom. The number of rotatable bonds is 5.